The van der Waals surface area contributed by atoms with Crippen molar-refractivity contribution >= 4 is 23.8 Å². The Balaban J connectivity index is 0.00000200. The molecule has 108 valence electrons. The Kier molecular flexibility index (Phi) is 7.02. The Labute approximate surface area is 135 Å². The molecule has 1 aromatic carbocycles. The lowest BCUT2D eigenvalue weighted by Crippen LogP contribution is -3.00. The number of carbonyl (C=O) groups is 1. The van der Waals surface area contributed by atoms with E-state index in [2.05, 4.69) is 11.0 Å². The average molecular weight is 355 g/mol. The summed E-state index contributed by atoms with van der Waals surface area (Å²) in [7, 11) is 3.99. The van der Waals surface area contributed by atoms with Crippen LogP contribution in [0.1, 0.15) is 10.4 Å². The molecule has 0 radical (unpaired) electrons. The summed E-state index contributed by atoms with van der Waals surface area (Å²) in [6, 6.07) is 9.49. The van der Waals surface area contributed by atoms with Gasteiger partial charge in [0, 0.05) is 23.9 Å². The van der Waals surface area contributed by atoms with Crippen molar-refractivity contribution in [3.05, 3.63) is 47.0 Å². The molecular weight excluding hydrogens is 336 g/mol. The van der Waals surface area contributed by atoms with Crippen molar-refractivity contribution < 1.29 is 26.4 Å². The number of halogens is 1. The van der Waals surface area contributed by atoms with E-state index in [1.165, 1.54) is 5.03 Å². The van der Waals surface area contributed by atoms with Crippen LogP contribution in [0.25, 0.3) is 0 Å². The number of hydrogen-bond acceptors (Lipinski definition) is 3. The van der Waals surface area contributed by atoms with Gasteiger partial charge in [0.15, 0.2) is 12.0 Å². The fraction of sp³-hybridized carbons (Fsp3) is 0.333. The zero-order valence-electron chi connectivity index (χ0n) is 11.8. The van der Waals surface area contributed by atoms with Gasteiger partial charge in [-0.05, 0) is 0 Å². The SMILES string of the molecule is C[N+](C)=C/C=C1/SCCN1CC(=O)c1ccccc1.[Br-]. The van der Waals surface area contributed by atoms with Crippen LogP contribution in [0.3, 0.4) is 0 Å². The summed E-state index contributed by atoms with van der Waals surface area (Å²) in [4.78, 5) is 14.3. The number of Topliss-reactive ketones (excluding diaryl/α,β-unsaturated/α-hetero) is 1. The van der Waals surface area contributed by atoms with E-state index >= 15 is 0 Å². The largest absolute Gasteiger partial charge is 1.00 e. The van der Waals surface area contributed by atoms with Crippen molar-refractivity contribution in [2.45, 2.75) is 0 Å². The average Bonchev–Trinajstić information content (AvgIpc) is 2.84. The summed E-state index contributed by atoms with van der Waals surface area (Å²) >= 11 is 1.81. The van der Waals surface area contributed by atoms with Gasteiger partial charge in [0.1, 0.15) is 14.1 Å². The molecule has 1 heterocycles. The first-order chi connectivity index (χ1) is 9.16. The molecule has 0 saturated carbocycles. The Morgan fingerprint density at radius 2 is 2.05 bits per heavy atom. The lowest BCUT2D eigenvalue weighted by Gasteiger charge is -2.17. The Morgan fingerprint density at radius 1 is 1.35 bits per heavy atom. The second-order valence-corrected chi connectivity index (χ2v) is 5.79. The number of rotatable bonds is 4. The summed E-state index contributed by atoms with van der Waals surface area (Å²) in [6.45, 7) is 1.40. The number of hydrogen-bond donors (Lipinski definition) is 0. The minimum absolute atomic E-state index is 0. The van der Waals surface area contributed by atoms with E-state index in [0.29, 0.717) is 6.54 Å². The molecule has 20 heavy (non-hydrogen) atoms. The van der Waals surface area contributed by atoms with Crippen LogP contribution >= 0.6 is 11.8 Å². The lowest BCUT2D eigenvalue weighted by molar-refractivity contribution is -0.458. The number of thioether (sulfide) groups is 1. The van der Waals surface area contributed by atoms with Gasteiger partial charge in [0.05, 0.1) is 11.6 Å². The minimum atomic E-state index is 0. The topological polar surface area (TPSA) is 23.3 Å². The van der Waals surface area contributed by atoms with E-state index in [9.17, 15) is 4.79 Å². The van der Waals surface area contributed by atoms with Gasteiger partial charge in [-0.1, -0.05) is 30.3 Å². The second kappa shape index (κ2) is 8.27. The van der Waals surface area contributed by atoms with Gasteiger partial charge < -0.3 is 21.9 Å². The quantitative estimate of drug-likeness (QED) is 0.398. The molecule has 0 atom stereocenters. The van der Waals surface area contributed by atoms with Crippen molar-refractivity contribution in [1.82, 2.24) is 4.90 Å². The molecular formula is C15H19BrN2OS. The molecule has 1 aromatic rings. The first-order valence-electron chi connectivity index (χ1n) is 6.34. The highest BCUT2D eigenvalue weighted by molar-refractivity contribution is 8.03. The Bertz CT molecular complexity index is 510. The Morgan fingerprint density at radius 3 is 2.70 bits per heavy atom. The third-order valence-corrected chi connectivity index (χ3v) is 3.95. The van der Waals surface area contributed by atoms with Gasteiger partial charge in [-0.3, -0.25) is 4.79 Å². The maximum atomic E-state index is 12.2. The summed E-state index contributed by atoms with van der Waals surface area (Å²) in [5.41, 5.74) is 0.787. The second-order valence-electron chi connectivity index (χ2n) is 4.68. The van der Waals surface area contributed by atoms with Crippen molar-refractivity contribution in [2.75, 3.05) is 32.9 Å². The maximum Gasteiger partial charge on any atom is 0.182 e. The van der Waals surface area contributed by atoms with Crippen LogP contribution in [0.15, 0.2) is 41.4 Å². The molecule has 5 heteroatoms. The first-order valence-corrected chi connectivity index (χ1v) is 7.33. The van der Waals surface area contributed by atoms with Crippen LogP contribution in [0.2, 0.25) is 0 Å². The van der Waals surface area contributed by atoms with E-state index in [4.69, 9.17) is 0 Å². The molecule has 1 aliphatic rings. The monoisotopic (exact) mass is 354 g/mol. The maximum absolute atomic E-state index is 12.2. The molecule has 0 amide bonds. The van der Waals surface area contributed by atoms with Crippen LogP contribution in [-0.4, -0.2) is 54.4 Å². The molecule has 2 rings (SSSR count). The molecule has 1 aliphatic heterocycles. The number of carbonyl (C=O) groups excluding carboxylic acids is 1. The van der Waals surface area contributed by atoms with Crippen LogP contribution in [-0.2, 0) is 0 Å². The molecule has 0 N–H and O–H groups in total. The molecule has 0 aromatic heterocycles. The number of allylic oxidation sites excluding steroid dienone is 1. The van der Waals surface area contributed by atoms with Crippen LogP contribution in [0, 0.1) is 0 Å². The predicted molar refractivity (Wildman–Crippen MR) is 81.1 cm³/mol. The highest BCUT2D eigenvalue weighted by atomic mass is 79.9. The molecule has 0 aliphatic carbocycles. The normalized spacial score (nSPS) is 15.9. The first kappa shape index (κ1) is 17.0. The van der Waals surface area contributed by atoms with Gasteiger partial charge in [-0.15, -0.1) is 11.8 Å². The van der Waals surface area contributed by atoms with Crippen LogP contribution < -0.4 is 17.0 Å². The van der Waals surface area contributed by atoms with Gasteiger partial charge in [0.2, 0.25) is 0 Å². The van der Waals surface area contributed by atoms with E-state index < -0.39 is 0 Å². The van der Waals surface area contributed by atoms with Crippen LogP contribution in [0.5, 0.6) is 0 Å². The summed E-state index contributed by atoms with van der Waals surface area (Å²) in [5.74, 6) is 1.23. The van der Waals surface area contributed by atoms with E-state index in [1.54, 1.807) is 11.8 Å². The van der Waals surface area contributed by atoms with Gasteiger partial charge in [0.25, 0.3) is 0 Å². The molecule has 0 unspecified atom stereocenters. The van der Waals surface area contributed by atoms with Crippen molar-refractivity contribution in [3.63, 3.8) is 0 Å². The zero-order chi connectivity index (χ0) is 13.7. The molecule has 0 bridgehead atoms. The standard InChI is InChI=1S/C15H19N2OS.BrH/c1-16(2)9-8-15-17(10-11-19-15)12-14(18)13-6-4-3-5-7-13;/h3-9H,10-12H2,1-2H3;1H/q+1;/p-1. The fourth-order valence-electron chi connectivity index (χ4n) is 1.87. The zero-order valence-corrected chi connectivity index (χ0v) is 14.2. The van der Waals surface area contributed by atoms with Crippen LogP contribution in [0.4, 0.5) is 0 Å². The van der Waals surface area contributed by atoms with E-state index in [-0.39, 0.29) is 22.8 Å². The summed E-state index contributed by atoms with van der Waals surface area (Å²) in [6.07, 6.45) is 4.10. The minimum Gasteiger partial charge on any atom is -1.00 e. The summed E-state index contributed by atoms with van der Waals surface area (Å²) < 4.78 is 2.00. The van der Waals surface area contributed by atoms with Crippen molar-refractivity contribution in [2.24, 2.45) is 0 Å². The number of ketones is 1. The van der Waals surface area contributed by atoms with E-state index in [0.717, 1.165) is 17.9 Å². The lowest BCUT2D eigenvalue weighted by atomic mass is 10.1. The summed E-state index contributed by atoms with van der Waals surface area (Å²) in [5, 5.41) is 1.18. The highest BCUT2D eigenvalue weighted by Gasteiger charge is 2.20. The number of benzene rings is 1. The highest BCUT2D eigenvalue weighted by Crippen LogP contribution is 2.27. The van der Waals surface area contributed by atoms with E-state index in [1.807, 2.05) is 55.2 Å². The molecule has 3 nitrogen and oxygen atoms in total. The number of nitrogens with zero attached hydrogens (tertiary/aromatic N) is 2. The van der Waals surface area contributed by atoms with Gasteiger partial charge in [-0.25, -0.2) is 4.58 Å². The van der Waals surface area contributed by atoms with Crippen molar-refractivity contribution in [3.8, 4) is 0 Å². The third kappa shape index (κ3) is 4.80. The smallest absolute Gasteiger partial charge is 0.182 e. The Hall–Kier alpha value is -1.07. The molecule has 1 fully saturated rings. The molecule has 0 spiro atoms. The van der Waals surface area contributed by atoms with Gasteiger partial charge in [-0.2, -0.15) is 0 Å². The fourth-order valence-corrected chi connectivity index (χ4v) is 2.89. The molecule has 1 saturated heterocycles. The van der Waals surface area contributed by atoms with Gasteiger partial charge >= 0.3 is 0 Å². The van der Waals surface area contributed by atoms with Crippen molar-refractivity contribution in [1.29, 1.82) is 0 Å². The predicted octanol–water partition coefficient (Wildman–Crippen LogP) is -0.894. The third-order valence-electron chi connectivity index (χ3n) is 2.87.